The third-order valence-electron chi connectivity index (χ3n) is 4.65. The van der Waals surface area contributed by atoms with Crippen LogP contribution in [0.5, 0.6) is 0 Å². The maximum Gasteiger partial charge on any atom is 0.295 e. The lowest BCUT2D eigenvalue weighted by Gasteiger charge is -2.25. The van der Waals surface area contributed by atoms with Crippen molar-refractivity contribution >= 4 is 23.1 Å². The zero-order valence-corrected chi connectivity index (χ0v) is 15.3. The minimum Gasteiger partial charge on any atom is -0.507 e. The van der Waals surface area contributed by atoms with Crippen molar-refractivity contribution in [1.82, 2.24) is 4.90 Å². The number of aliphatic hydroxyl groups is 2. The van der Waals surface area contributed by atoms with Crippen molar-refractivity contribution in [3.05, 3.63) is 71.3 Å². The fourth-order valence-corrected chi connectivity index (χ4v) is 3.27. The van der Waals surface area contributed by atoms with E-state index in [1.54, 1.807) is 30.3 Å². The van der Waals surface area contributed by atoms with Crippen molar-refractivity contribution in [2.45, 2.75) is 6.04 Å². The zero-order valence-electron chi connectivity index (χ0n) is 15.3. The molecule has 3 rings (SSSR count). The van der Waals surface area contributed by atoms with Gasteiger partial charge in [0.15, 0.2) is 0 Å². The van der Waals surface area contributed by atoms with Crippen molar-refractivity contribution in [3.8, 4) is 0 Å². The minimum atomic E-state index is -0.744. The van der Waals surface area contributed by atoms with Crippen LogP contribution in [0, 0.1) is 0 Å². The van der Waals surface area contributed by atoms with Gasteiger partial charge in [-0.05, 0) is 17.7 Å². The highest BCUT2D eigenvalue weighted by atomic mass is 16.3. The van der Waals surface area contributed by atoms with Gasteiger partial charge in [0.1, 0.15) is 5.76 Å². The molecule has 1 saturated heterocycles. The molecule has 0 spiro atoms. The Morgan fingerprint density at radius 3 is 2.22 bits per heavy atom. The number of anilines is 1. The summed E-state index contributed by atoms with van der Waals surface area (Å²) in [6.07, 6.45) is 0. The summed E-state index contributed by atoms with van der Waals surface area (Å²) < 4.78 is 0. The van der Waals surface area contributed by atoms with Gasteiger partial charge in [-0.1, -0.05) is 42.5 Å². The Hall–Kier alpha value is -3.12. The molecular weight excluding hydrogens is 344 g/mol. The van der Waals surface area contributed by atoms with E-state index in [0.717, 1.165) is 5.69 Å². The number of carbonyl (C=O) groups is 2. The highest BCUT2D eigenvalue weighted by Gasteiger charge is 2.45. The average Bonchev–Trinajstić information content (AvgIpc) is 2.93. The Bertz CT molecular complexity index is 873. The second-order valence-corrected chi connectivity index (χ2v) is 6.57. The highest BCUT2D eigenvalue weighted by Crippen LogP contribution is 2.39. The molecule has 0 aliphatic carbocycles. The van der Waals surface area contributed by atoms with Crippen LogP contribution < -0.4 is 4.90 Å². The number of Topliss-reactive ketones (excluding diaryl/α,β-unsaturated/α-hetero) is 1. The molecule has 1 fully saturated rings. The first-order valence-corrected chi connectivity index (χ1v) is 8.67. The first kappa shape index (κ1) is 18.7. The first-order valence-electron chi connectivity index (χ1n) is 8.67. The van der Waals surface area contributed by atoms with Crippen LogP contribution in [0.3, 0.4) is 0 Å². The summed E-state index contributed by atoms with van der Waals surface area (Å²) in [7, 11) is 3.84. The highest BCUT2D eigenvalue weighted by molar-refractivity contribution is 6.46. The van der Waals surface area contributed by atoms with Crippen LogP contribution >= 0.6 is 0 Å². The maximum absolute atomic E-state index is 12.7. The van der Waals surface area contributed by atoms with Gasteiger partial charge >= 0.3 is 0 Å². The number of hydrogen-bond donors (Lipinski definition) is 2. The Balaban J connectivity index is 2.14. The number of likely N-dealkylation sites (tertiary alicyclic amines) is 1. The molecule has 2 N–H and O–H groups in total. The van der Waals surface area contributed by atoms with Gasteiger partial charge in [0.25, 0.3) is 11.7 Å². The molecule has 2 aromatic rings. The quantitative estimate of drug-likeness (QED) is 0.482. The number of β-amino-alcohol motifs (C(OH)–C–C–N with tert-alkyl or cyclic N) is 1. The van der Waals surface area contributed by atoms with Crippen molar-refractivity contribution < 1.29 is 19.8 Å². The Morgan fingerprint density at radius 1 is 1.04 bits per heavy atom. The van der Waals surface area contributed by atoms with Crippen LogP contribution in [0.4, 0.5) is 5.69 Å². The Labute approximate surface area is 158 Å². The van der Waals surface area contributed by atoms with Gasteiger partial charge in [-0.3, -0.25) is 9.59 Å². The van der Waals surface area contributed by atoms with Crippen LogP contribution in [0.15, 0.2) is 60.2 Å². The molecule has 0 saturated carbocycles. The maximum atomic E-state index is 12.7. The van der Waals surface area contributed by atoms with Gasteiger partial charge in [-0.2, -0.15) is 0 Å². The third kappa shape index (κ3) is 3.44. The zero-order chi connectivity index (χ0) is 19.6. The Kier molecular flexibility index (Phi) is 5.28. The van der Waals surface area contributed by atoms with Gasteiger partial charge in [0, 0.05) is 31.9 Å². The third-order valence-corrected chi connectivity index (χ3v) is 4.65. The molecule has 27 heavy (non-hydrogen) atoms. The van der Waals surface area contributed by atoms with E-state index in [4.69, 9.17) is 0 Å². The largest absolute Gasteiger partial charge is 0.507 e. The number of aliphatic hydroxyl groups excluding tert-OH is 2. The van der Waals surface area contributed by atoms with Gasteiger partial charge in [-0.25, -0.2) is 0 Å². The molecule has 6 nitrogen and oxygen atoms in total. The monoisotopic (exact) mass is 366 g/mol. The average molecular weight is 366 g/mol. The summed E-state index contributed by atoms with van der Waals surface area (Å²) in [4.78, 5) is 28.4. The minimum absolute atomic E-state index is 0.0102. The fourth-order valence-electron chi connectivity index (χ4n) is 3.27. The fraction of sp³-hybridized carbons (Fsp3) is 0.238. The summed E-state index contributed by atoms with van der Waals surface area (Å²) in [5.41, 5.74) is 2.18. The van der Waals surface area contributed by atoms with E-state index in [-0.39, 0.29) is 24.5 Å². The van der Waals surface area contributed by atoms with Crippen LogP contribution in [-0.2, 0) is 9.59 Å². The van der Waals surface area contributed by atoms with Crippen molar-refractivity contribution in [2.75, 3.05) is 32.1 Å². The molecule has 1 atom stereocenters. The number of nitrogens with zero attached hydrogens (tertiary/aromatic N) is 2. The number of amides is 1. The van der Waals surface area contributed by atoms with E-state index >= 15 is 0 Å². The molecule has 1 aliphatic rings. The van der Waals surface area contributed by atoms with E-state index in [2.05, 4.69) is 0 Å². The second kappa shape index (κ2) is 7.63. The van der Waals surface area contributed by atoms with E-state index in [1.165, 1.54) is 4.90 Å². The van der Waals surface area contributed by atoms with Crippen molar-refractivity contribution in [3.63, 3.8) is 0 Å². The van der Waals surface area contributed by atoms with Gasteiger partial charge in [-0.15, -0.1) is 0 Å². The molecular formula is C21H22N2O4. The molecule has 0 radical (unpaired) electrons. The molecule has 0 bridgehead atoms. The lowest BCUT2D eigenvalue weighted by Crippen LogP contribution is -2.32. The smallest absolute Gasteiger partial charge is 0.295 e. The van der Waals surface area contributed by atoms with E-state index < -0.39 is 17.7 Å². The van der Waals surface area contributed by atoms with Crippen molar-refractivity contribution in [1.29, 1.82) is 0 Å². The van der Waals surface area contributed by atoms with E-state index in [1.807, 2.05) is 43.3 Å². The number of carbonyl (C=O) groups excluding carboxylic acids is 2. The molecule has 0 unspecified atom stereocenters. The van der Waals surface area contributed by atoms with E-state index in [0.29, 0.717) is 11.1 Å². The number of rotatable bonds is 5. The van der Waals surface area contributed by atoms with Crippen LogP contribution in [0.25, 0.3) is 5.76 Å². The summed E-state index contributed by atoms with van der Waals surface area (Å²) in [5.74, 6) is -1.68. The van der Waals surface area contributed by atoms with E-state index in [9.17, 15) is 19.8 Å². The number of hydrogen-bond acceptors (Lipinski definition) is 5. The summed E-state index contributed by atoms with van der Waals surface area (Å²) >= 11 is 0. The standard InChI is InChI=1S/C21H22N2O4/c1-22(2)16-10-8-14(9-11-16)18-17(19(25)15-6-4-3-5-7-15)20(26)21(27)23(18)12-13-24/h3-11,18,24-25H,12-13H2,1-2H3/t18-/m0/s1. The lowest BCUT2D eigenvalue weighted by atomic mass is 9.95. The topological polar surface area (TPSA) is 81.1 Å². The lowest BCUT2D eigenvalue weighted by molar-refractivity contribution is -0.140. The number of ketones is 1. The first-order chi connectivity index (χ1) is 13.0. The molecule has 1 heterocycles. The van der Waals surface area contributed by atoms with Gasteiger partial charge < -0.3 is 20.0 Å². The van der Waals surface area contributed by atoms with Crippen LogP contribution in [0.2, 0.25) is 0 Å². The van der Waals surface area contributed by atoms with Gasteiger partial charge in [0.2, 0.25) is 0 Å². The molecule has 2 aromatic carbocycles. The SMILES string of the molecule is CN(C)c1ccc([C@H]2C(=C(O)c3ccccc3)C(=O)C(=O)N2CCO)cc1. The molecule has 140 valence electrons. The van der Waals surface area contributed by atoms with Gasteiger partial charge in [0.05, 0.1) is 18.2 Å². The predicted octanol–water partition coefficient (Wildman–Crippen LogP) is 2.17. The molecule has 6 heteroatoms. The second-order valence-electron chi connectivity index (χ2n) is 6.57. The predicted molar refractivity (Wildman–Crippen MR) is 103 cm³/mol. The summed E-state index contributed by atoms with van der Waals surface area (Å²) in [6.45, 7) is -0.263. The summed E-state index contributed by atoms with van der Waals surface area (Å²) in [5, 5.41) is 20.1. The van der Waals surface area contributed by atoms with Crippen LogP contribution in [-0.4, -0.2) is 54.1 Å². The summed E-state index contributed by atoms with van der Waals surface area (Å²) in [6, 6.07) is 15.4. The molecule has 1 aliphatic heterocycles. The molecule has 0 aromatic heterocycles. The van der Waals surface area contributed by atoms with Crippen LogP contribution in [0.1, 0.15) is 17.2 Å². The number of benzene rings is 2. The normalized spacial score (nSPS) is 18.8. The molecule has 1 amide bonds. The van der Waals surface area contributed by atoms with Crippen molar-refractivity contribution in [2.24, 2.45) is 0 Å². The Morgan fingerprint density at radius 2 is 1.67 bits per heavy atom.